The van der Waals surface area contributed by atoms with Crippen molar-refractivity contribution in [3.63, 3.8) is 0 Å². The van der Waals surface area contributed by atoms with Gasteiger partial charge in [0.2, 0.25) is 0 Å². The zero-order valence-electron chi connectivity index (χ0n) is 9.85. The van der Waals surface area contributed by atoms with E-state index in [0.29, 0.717) is 17.4 Å². The van der Waals surface area contributed by atoms with Crippen LogP contribution in [-0.2, 0) is 4.79 Å². The lowest BCUT2D eigenvalue weighted by atomic mass is 9.92. The fraction of sp³-hybridized carbons (Fsp3) is 0.0667. The van der Waals surface area contributed by atoms with Gasteiger partial charge in [-0.05, 0) is 29.8 Å². The zero-order valence-corrected chi connectivity index (χ0v) is 13.0. The van der Waals surface area contributed by atoms with E-state index in [4.69, 9.17) is 0 Å². The largest absolute Gasteiger partial charge is 0.302 e. The summed E-state index contributed by atoms with van der Waals surface area (Å²) in [7, 11) is 0. The summed E-state index contributed by atoms with van der Waals surface area (Å²) < 4.78 is 1.81. The van der Waals surface area contributed by atoms with E-state index in [9.17, 15) is 9.59 Å². The Morgan fingerprint density at radius 1 is 0.895 bits per heavy atom. The van der Waals surface area contributed by atoms with Gasteiger partial charge in [0.25, 0.3) is 0 Å². The predicted molar refractivity (Wildman–Crippen MR) is 81.4 cm³/mol. The molecule has 0 heterocycles. The van der Waals surface area contributed by atoms with Gasteiger partial charge in [0.15, 0.2) is 5.78 Å². The molecule has 1 atom stereocenters. The second-order valence-electron chi connectivity index (χ2n) is 4.04. The van der Waals surface area contributed by atoms with E-state index in [-0.39, 0.29) is 5.78 Å². The maximum Gasteiger partial charge on any atom is 0.177 e. The van der Waals surface area contributed by atoms with Crippen LogP contribution in [0.2, 0.25) is 0 Å². The fourth-order valence-corrected chi connectivity index (χ4v) is 2.28. The van der Waals surface area contributed by atoms with E-state index < -0.39 is 5.92 Å². The van der Waals surface area contributed by atoms with Crippen LogP contribution in [-0.4, -0.2) is 12.1 Å². The van der Waals surface area contributed by atoms with Crippen molar-refractivity contribution < 1.29 is 9.59 Å². The number of carbonyl (C=O) groups is 2. The monoisotopic (exact) mass is 380 g/mol. The summed E-state index contributed by atoms with van der Waals surface area (Å²) in [5.74, 6) is -0.945. The third-order valence-corrected chi connectivity index (χ3v) is 3.83. The summed E-state index contributed by atoms with van der Waals surface area (Å²) in [6.45, 7) is 0. The Morgan fingerprint density at radius 2 is 1.37 bits per heavy atom. The van der Waals surface area contributed by atoms with Gasteiger partial charge in [-0.1, -0.05) is 56.1 Å². The second kappa shape index (κ2) is 6.26. The third-order valence-electron chi connectivity index (χ3n) is 2.78. The molecule has 0 aliphatic carbocycles. The van der Waals surface area contributed by atoms with E-state index in [1.165, 1.54) is 0 Å². The molecule has 1 unspecified atom stereocenters. The first-order chi connectivity index (χ1) is 9.11. The first-order valence-electron chi connectivity index (χ1n) is 5.62. The molecule has 0 N–H and O–H groups in total. The lowest BCUT2D eigenvalue weighted by molar-refractivity contribution is -0.108. The van der Waals surface area contributed by atoms with Gasteiger partial charge in [0.1, 0.15) is 12.2 Å². The average molecular weight is 382 g/mol. The minimum Gasteiger partial charge on any atom is -0.302 e. The van der Waals surface area contributed by atoms with Crippen LogP contribution in [0.25, 0.3) is 0 Å². The minimum atomic E-state index is -0.755. The highest BCUT2D eigenvalue weighted by Crippen LogP contribution is 2.22. The molecule has 96 valence electrons. The summed E-state index contributed by atoms with van der Waals surface area (Å²) >= 11 is 6.64. The maximum absolute atomic E-state index is 12.3. The molecule has 0 aliphatic rings. The molecule has 2 aromatic rings. The molecule has 0 spiro atoms. The normalized spacial score (nSPS) is 11.9. The number of hydrogen-bond donors (Lipinski definition) is 0. The highest BCUT2D eigenvalue weighted by Gasteiger charge is 2.21. The lowest BCUT2D eigenvalue weighted by Gasteiger charge is -2.10. The minimum absolute atomic E-state index is 0.190. The van der Waals surface area contributed by atoms with Gasteiger partial charge in [-0.2, -0.15) is 0 Å². The molecule has 2 nitrogen and oxygen atoms in total. The van der Waals surface area contributed by atoms with Crippen molar-refractivity contribution in [1.29, 1.82) is 0 Å². The predicted octanol–water partition coefficient (Wildman–Crippen LogP) is 4.38. The van der Waals surface area contributed by atoms with Crippen molar-refractivity contribution in [3.8, 4) is 0 Å². The molecule has 0 saturated carbocycles. The maximum atomic E-state index is 12.3. The van der Waals surface area contributed by atoms with Gasteiger partial charge >= 0.3 is 0 Å². The smallest absolute Gasteiger partial charge is 0.177 e. The van der Waals surface area contributed by atoms with Crippen LogP contribution in [0.3, 0.4) is 0 Å². The van der Waals surface area contributed by atoms with E-state index in [1.807, 2.05) is 12.1 Å². The van der Waals surface area contributed by atoms with Gasteiger partial charge in [-0.15, -0.1) is 0 Å². The Morgan fingerprint density at radius 3 is 1.84 bits per heavy atom. The SMILES string of the molecule is O=CC(C(=O)c1ccc(Br)cc1)c1ccc(Br)cc1. The van der Waals surface area contributed by atoms with Crippen LogP contribution in [0.1, 0.15) is 21.8 Å². The average Bonchev–Trinajstić information content (AvgIpc) is 2.42. The summed E-state index contributed by atoms with van der Waals surface area (Å²) in [6.07, 6.45) is 0.688. The standard InChI is InChI=1S/C15H10Br2O2/c16-12-5-1-10(2-6-12)14(9-18)15(19)11-3-7-13(17)8-4-11/h1-9,14H. The van der Waals surface area contributed by atoms with E-state index in [1.54, 1.807) is 36.4 Å². The Balaban J connectivity index is 2.31. The molecule has 0 fully saturated rings. The van der Waals surface area contributed by atoms with E-state index in [0.717, 1.165) is 8.95 Å². The van der Waals surface area contributed by atoms with Gasteiger partial charge in [0.05, 0.1) is 0 Å². The van der Waals surface area contributed by atoms with Crippen LogP contribution < -0.4 is 0 Å². The fourth-order valence-electron chi connectivity index (χ4n) is 1.76. The summed E-state index contributed by atoms with van der Waals surface area (Å²) in [5.41, 5.74) is 1.23. The number of rotatable bonds is 4. The Bertz CT molecular complexity index is 589. The Kier molecular flexibility index (Phi) is 4.66. The van der Waals surface area contributed by atoms with Crippen LogP contribution >= 0.6 is 31.9 Å². The van der Waals surface area contributed by atoms with Crippen molar-refractivity contribution in [2.45, 2.75) is 5.92 Å². The molecule has 19 heavy (non-hydrogen) atoms. The molecule has 0 radical (unpaired) electrons. The number of ketones is 1. The molecular weight excluding hydrogens is 372 g/mol. The van der Waals surface area contributed by atoms with E-state index in [2.05, 4.69) is 31.9 Å². The number of benzene rings is 2. The molecule has 0 bridgehead atoms. The molecule has 0 aliphatic heterocycles. The number of hydrogen-bond acceptors (Lipinski definition) is 2. The van der Waals surface area contributed by atoms with Gasteiger partial charge in [-0.25, -0.2) is 0 Å². The zero-order chi connectivity index (χ0) is 13.8. The second-order valence-corrected chi connectivity index (χ2v) is 5.87. The number of aldehydes is 1. The van der Waals surface area contributed by atoms with Crippen molar-refractivity contribution >= 4 is 43.9 Å². The molecular formula is C15H10Br2O2. The van der Waals surface area contributed by atoms with Crippen molar-refractivity contribution in [2.75, 3.05) is 0 Å². The third kappa shape index (κ3) is 3.39. The molecule has 4 heteroatoms. The summed E-state index contributed by atoms with van der Waals surface area (Å²) in [6, 6.07) is 14.2. The highest BCUT2D eigenvalue weighted by molar-refractivity contribution is 9.10. The topological polar surface area (TPSA) is 34.1 Å². The summed E-state index contributed by atoms with van der Waals surface area (Å²) in [4.78, 5) is 23.5. The van der Waals surface area contributed by atoms with Gasteiger partial charge in [-0.3, -0.25) is 4.79 Å². The van der Waals surface area contributed by atoms with E-state index >= 15 is 0 Å². The molecule has 2 aromatic carbocycles. The quantitative estimate of drug-likeness (QED) is 0.447. The van der Waals surface area contributed by atoms with Crippen molar-refractivity contribution in [3.05, 3.63) is 68.6 Å². The van der Waals surface area contributed by atoms with Crippen LogP contribution in [0.15, 0.2) is 57.5 Å². The Labute approximate surface area is 128 Å². The van der Waals surface area contributed by atoms with Crippen LogP contribution in [0.5, 0.6) is 0 Å². The van der Waals surface area contributed by atoms with Crippen LogP contribution in [0.4, 0.5) is 0 Å². The van der Waals surface area contributed by atoms with Gasteiger partial charge in [0, 0.05) is 14.5 Å². The summed E-state index contributed by atoms with van der Waals surface area (Å²) in [5, 5.41) is 0. The first kappa shape index (κ1) is 14.2. The number of carbonyl (C=O) groups excluding carboxylic acids is 2. The molecule has 0 saturated heterocycles. The van der Waals surface area contributed by atoms with Crippen molar-refractivity contribution in [1.82, 2.24) is 0 Å². The molecule has 2 rings (SSSR count). The van der Waals surface area contributed by atoms with Crippen molar-refractivity contribution in [2.24, 2.45) is 0 Å². The molecule has 0 amide bonds. The Hall–Kier alpha value is -1.26. The number of Topliss-reactive ketones (excluding diaryl/α,β-unsaturated/α-hetero) is 1. The highest BCUT2D eigenvalue weighted by atomic mass is 79.9. The van der Waals surface area contributed by atoms with Crippen LogP contribution in [0, 0.1) is 0 Å². The molecule has 0 aromatic heterocycles. The van der Waals surface area contributed by atoms with Gasteiger partial charge < -0.3 is 4.79 Å². The lowest BCUT2D eigenvalue weighted by Crippen LogP contribution is -2.14. The first-order valence-corrected chi connectivity index (χ1v) is 7.21. The number of halogens is 2.